The summed E-state index contributed by atoms with van der Waals surface area (Å²) in [6, 6.07) is 6.95. The summed E-state index contributed by atoms with van der Waals surface area (Å²) >= 11 is 6.31. The van der Waals surface area contributed by atoms with Gasteiger partial charge in [-0.2, -0.15) is 0 Å². The van der Waals surface area contributed by atoms with E-state index in [2.05, 4.69) is 29.3 Å². The number of piperazine rings is 1. The molecule has 3 heteroatoms. The molecule has 1 fully saturated rings. The van der Waals surface area contributed by atoms with Crippen LogP contribution in [0.4, 0.5) is 0 Å². The lowest BCUT2D eigenvalue weighted by molar-refractivity contribution is 0.141. The predicted molar refractivity (Wildman–Crippen MR) is 71.5 cm³/mol. The zero-order valence-electron chi connectivity index (χ0n) is 10.2. The molecule has 0 amide bonds. The number of rotatable bonds is 1. The van der Waals surface area contributed by atoms with Crippen molar-refractivity contribution in [2.24, 2.45) is 5.92 Å². The maximum atomic E-state index is 6.31. The first kappa shape index (κ1) is 11.5. The maximum absolute atomic E-state index is 6.31. The molecule has 2 aliphatic rings. The van der Waals surface area contributed by atoms with E-state index in [1.807, 2.05) is 6.07 Å². The van der Waals surface area contributed by atoms with Crippen LogP contribution >= 0.6 is 11.6 Å². The minimum absolute atomic E-state index is 0.575. The normalized spacial score (nSPS) is 29.3. The Bertz CT molecular complexity index is 413. The molecule has 1 saturated heterocycles. The lowest BCUT2D eigenvalue weighted by atomic mass is 10.0. The molecule has 1 aliphatic heterocycles. The molecule has 0 bridgehead atoms. The quantitative estimate of drug-likeness (QED) is 0.824. The van der Waals surface area contributed by atoms with Crippen LogP contribution in [-0.2, 0) is 6.42 Å². The summed E-state index contributed by atoms with van der Waals surface area (Å²) in [5, 5.41) is 4.37. The van der Waals surface area contributed by atoms with Crippen LogP contribution in [-0.4, -0.2) is 31.1 Å². The number of nitrogens with one attached hydrogen (secondary N) is 1. The molecule has 2 nitrogen and oxygen atoms in total. The number of halogens is 1. The average molecular weight is 251 g/mol. The highest BCUT2D eigenvalue weighted by Crippen LogP contribution is 2.42. The maximum Gasteiger partial charge on any atom is 0.0441 e. The van der Waals surface area contributed by atoms with E-state index in [1.54, 1.807) is 0 Å². The van der Waals surface area contributed by atoms with E-state index in [1.165, 1.54) is 11.1 Å². The van der Waals surface area contributed by atoms with Gasteiger partial charge in [0.05, 0.1) is 0 Å². The Morgan fingerprint density at radius 3 is 2.82 bits per heavy atom. The van der Waals surface area contributed by atoms with E-state index < -0.39 is 0 Å². The topological polar surface area (TPSA) is 15.3 Å². The van der Waals surface area contributed by atoms with Crippen LogP contribution in [0.3, 0.4) is 0 Å². The highest BCUT2D eigenvalue weighted by molar-refractivity contribution is 6.31. The van der Waals surface area contributed by atoms with Gasteiger partial charge in [0.15, 0.2) is 0 Å². The van der Waals surface area contributed by atoms with Crippen molar-refractivity contribution in [3.8, 4) is 0 Å². The molecule has 2 atom stereocenters. The molecule has 2 unspecified atom stereocenters. The molecular formula is C14H19ClN2. The van der Waals surface area contributed by atoms with Crippen LogP contribution in [0, 0.1) is 5.92 Å². The number of fused-ring (bicyclic) bond motifs is 1. The van der Waals surface area contributed by atoms with Crippen LogP contribution < -0.4 is 5.32 Å². The monoisotopic (exact) mass is 250 g/mol. The minimum atomic E-state index is 0.575. The largest absolute Gasteiger partial charge is 0.314 e. The summed E-state index contributed by atoms with van der Waals surface area (Å²) in [4.78, 5) is 2.61. The van der Waals surface area contributed by atoms with Gasteiger partial charge in [0, 0.05) is 37.2 Å². The van der Waals surface area contributed by atoms with Gasteiger partial charge < -0.3 is 5.32 Å². The van der Waals surface area contributed by atoms with Crippen molar-refractivity contribution in [1.82, 2.24) is 10.2 Å². The van der Waals surface area contributed by atoms with E-state index in [9.17, 15) is 0 Å². The lowest BCUT2D eigenvalue weighted by Crippen LogP contribution is -2.45. The highest BCUT2D eigenvalue weighted by atomic mass is 35.5. The van der Waals surface area contributed by atoms with Crippen molar-refractivity contribution in [2.45, 2.75) is 19.4 Å². The predicted octanol–water partition coefficient (Wildman–Crippen LogP) is 2.48. The summed E-state index contributed by atoms with van der Waals surface area (Å²) < 4.78 is 0. The van der Waals surface area contributed by atoms with Gasteiger partial charge in [-0.25, -0.2) is 0 Å². The molecule has 17 heavy (non-hydrogen) atoms. The van der Waals surface area contributed by atoms with Gasteiger partial charge in [0.2, 0.25) is 0 Å². The van der Waals surface area contributed by atoms with E-state index >= 15 is 0 Å². The Labute approximate surface area is 108 Å². The fourth-order valence-electron chi connectivity index (χ4n) is 3.32. The standard InChI is InChI=1S/C14H19ClN2/c1-10-9-12-11(3-2-4-13(12)15)14(10)17-7-5-16-6-8-17/h2-4,10,14,16H,5-9H2,1H3. The fourth-order valence-corrected chi connectivity index (χ4v) is 3.58. The summed E-state index contributed by atoms with van der Waals surface area (Å²) in [6.07, 6.45) is 1.13. The third-order valence-electron chi connectivity index (χ3n) is 4.08. The number of hydrogen-bond acceptors (Lipinski definition) is 2. The zero-order chi connectivity index (χ0) is 11.8. The molecule has 0 aromatic heterocycles. The Kier molecular flexibility index (Phi) is 3.12. The summed E-state index contributed by atoms with van der Waals surface area (Å²) in [6.45, 7) is 6.88. The first-order valence-electron chi connectivity index (χ1n) is 6.49. The van der Waals surface area contributed by atoms with E-state index in [0.29, 0.717) is 12.0 Å². The summed E-state index contributed by atoms with van der Waals surface area (Å²) in [7, 11) is 0. The molecular weight excluding hydrogens is 232 g/mol. The van der Waals surface area contributed by atoms with Gasteiger partial charge >= 0.3 is 0 Å². The van der Waals surface area contributed by atoms with Gasteiger partial charge in [0.25, 0.3) is 0 Å². The molecule has 0 saturated carbocycles. The Morgan fingerprint density at radius 1 is 1.29 bits per heavy atom. The smallest absolute Gasteiger partial charge is 0.0441 e. The van der Waals surface area contributed by atoms with Crippen LogP contribution in [0.1, 0.15) is 24.1 Å². The highest BCUT2D eigenvalue weighted by Gasteiger charge is 2.35. The molecule has 1 N–H and O–H groups in total. The lowest BCUT2D eigenvalue weighted by Gasteiger charge is -2.35. The minimum Gasteiger partial charge on any atom is -0.314 e. The SMILES string of the molecule is CC1Cc2c(Cl)cccc2C1N1CCNCC1. The van der Waals surface area contributed by atoms with Crippen molar-refractivity contribution in [3.63, 3.8) is 0 Å². The van der Waals surface area contributed by atoms with Gasteiger partial charge in [0.1, 0.15) is 0 Å². The molecule has 1 aromatic rings. The molecule has 1 aromatic carbocycles. The average Bonchev–Trinajstić information content (AvgIpc) is 2.68. The van der Waals surface area contributed by atoms with Crippen molar-refractivity contribution >= 4 is 11.6 Å². The number of nitrogens with zero attached hydrogens (tertiary/aromatic N) is 1. The Hall–Kier alpha value is -0.570. The van der Waals surface area contributed by atoms with E-state index in [0.717, 1.165) is 37.6 Å². The van der Waals surface area contributed by atoms with Crippen molar-refractivity contribution in [3.05, 3.63) is 34.3 Å². The van der Waals surface area contributed by atoms with Crippen LogP contribution in [0.15, 0.2) is 18.2 Å². The van der Waals surface area contributed by atoms with Crippen molar-refractivity contribution in [1.29, 1.82) is 0 Å². The third-order valence-corrected chi connectivity index (χ3v) is 4.44. The number of benzene rings is 1. The second kappa shape index (κ2) is 4.60. The van der Waals surface area contributed by atoms with Crippen molar-refractivity contribution < 1.29 is 0 Å². The Morgan fingerprint density at radius 2 is 2.06 bits per heavy atom. The third kappa shape index (κ3) is 1.99. The molecule has 1 aliphatic carbocycles. The molecule has 0 radical (unpaired) electrons. The van der Waals surface area contributed by atoms with E-state index in [4.69, 9.17) is 11.6 Å². The molecule has 3 rings (SSSR count). The van der Waals surface area contributed by atoms with Crippen LogP contribution in [0.2, 0.25) is 5.02 Å². The second-order valence-electron chi connectivity index (χ2n) is 5.22. The van der Waals surface area contributed by atoms with Gasteiger partial charge in [-0.15, -0.1) is 0 Å². The summed E-state index contributed by atoms with van der Waals surface area (Å²) in [5.41, 5.74) is 2.84. The van der Waals surface area contributed by atoms with Gasteiger partial charge in [-0.1, -0.05) is 30.7 Å². The number of hydrogen-bond donors (Lipinski definition) is 1. The molecule has 0 spiro atoms. The van der Waals surface area contributed by atoms with Gasteiger partial charge in [-0.3, -0.25) is 4.90 Å². The zero-order valence-corrected chi connectivity index (χ0v) is 11.0. The fraction of sp³-hybridized carbons (Fsp3) is 0.571. The summed E-state index contributed by atoms with van der Waals surface area (Å²) in [5.74, 6) is 0.683. The van der Waals surface area contributed by atoms with E-state index in [-0.39, 0.29) is 0 Å². The van der Waals surface area contributed by atoms with Crippen LogP contribution in [0.25, 0.3) is 0 Å². The molecule has 1 heterocycles. The van der Waals surface area contributed by atoms with Crippen molar-refractivity contribution in [2.75, 3.05) is 26.2 Å². The Balaban J connectivity index is 1.93. The molecule has 92 valence electrons. The first-order chi connectivity index (χ1) is 8.27. The van der Waals surface area contributed by atoms with Crippen LogP contribution in [0.5, 0.6) is 0 Å². The van der Waals surface area contributed by atoms with Gasteiger partial charge in [-0.05, 0) is 29.5 Å². The first-order valence-corrected chi connectivity index (χ1v) is 6.87. The second-order valence-corrected chi connectivity index (χ2v) is 5.63.